The lowest BCUT2D eigenvalue weighted by molar-refractivity contribution is -0.142. The van der Waals surface area contributed by atoms with Gasteiger partial charge in [0.1, 0.15) is 0 Å². The van der Waals surface area contributed by atoms with E-state index in [1.165, 1.54) is 19.2 Å². The minimum Gasteiger partial charge on any atom is -0.469 e. The number of methoxy groups -OCH3 is 1. The Balaban J connectivity index is 2.02. The third-order valence-corrected chi connectivity index (χ3v) is 3.84. The Morgan fingerprint density at radius 1 is 1.33 bits per heavy atom. The van der Waals surface area contributed by atoms with Gasteiger partial charge < -0.3 is 10.1 Å². The Morgan fingerprint density at radius 2 is 2.00 bits per heavy atom. The van der Waals surface area contributed by atoms with Crippen molar-refractivity contribution in [2.45, 2.75) is 31.5 Å². The van der Waals surface area contributed by atoms with Crippen LogP contribution in [0.4, 0.5) is 13.2 Å². The van der Waals surface area contributed by atoms with Gasteiger partial charge in [-0.15, -0.1) is 0 Å². The van der Waals surface area contributed by atoms with Crippen molar-refractivity contribution in [3.05, 3.63) is 35.4 Å². The number of benzene rings is 1. The fraction of sp³-hybridized carbons (Fsp3) is 0.533. The highest BCUT2D eigenvalue weighted by Gasteiger charge is 2.31. The molecule has 1 fully saturated rings. The van der Waals surface area contributed by atoms with Crippen molar-refractivity contribution in [1.29, 1.82) is 0 Å². The predicted octanol–water partition coefficient (Wildman–Crippen LogP) is 3.31. The fourth-order valence-corrected chi connectivity index (χ4v) is 2.66. The second kappa shape index (κ2) is 6.47. The van der Waals surface area contributed by atoms with Crippen LogP contribution in [0.15, 0.2) is 24.3 Å². The molecular weight excluding hydrogens is 283 g/mol. The number of esters is 1. The molecule has 2 rings (SSSR count). The van der Waals surface area contributed by atoms with E-state index in [0.29, 0.717) is 6.42 Å². The van der Waals surface area contributed by atoms with Crippen molar-refractivity contribution in [3.8, 4) is 0 Å². The molecule has 1 aromatic rings. The van der Waals surface area contributed by atoms with Gasteiger partial charge in [-0.1, -0.05) is 12.1 Å². The van der Waals surface area contributed by atoms with Gasteiger partial charge in [-0.3, -0.25) is 4.79 Å². The van der Waals surface area contributed by atoms with Gasteiger partial charge in [-0.05, 0) is 43.0 Å². The van der Waals surface area contributed by atoms with Crippen molar-refractivity contribution in [2.75, 3.05) is 13.7 Å². The molecule has 116 valence electrons. The smallest absolute Gasteiger partial charge is 0.416 e. The molecule has 1 aromatic carbocycles. The molecule has 0 amide bonds. The van der Waals surface area contributed by atoms with Gasteiger partial charge in [0.2, 0.25) is 0 Å². The maximum absolute atomic E-state index is 12.5. The summed E-state index contributed by atoms with van der Waals surface area (Å²) >= 11 is 0. The Hall–Kier alpha value is -1.56. The van der Waals surface area contributed by atoms with Crippen LogP contribution in [0, 0.1) is 5.92 Å². The third-order valence-electron chi connectivity index (χ3n) is 3.84. The zero-order chi connectivity index (χ0) is 15.5. The number of hydrogen-bond acceptors (Lipinski definition) is 3. The molecule has 2 unspecified atom stereocenters. The number of alkyl halides is 3. The van der Waals surface area contributed by atoms with E-state index in [1.54, 1.807) is 0 Å². The minimum atomic E-state index is -4.31. The normalized spacial score (nSPS) is 22.9. The molecule has 6 heteroatoms. The summed E-state index contributed by atoms with van der Waals surface area (Å²) in [6.07, 6.45) is -2.37. The van der Waals surface area contributed by atoms with Gasteiger partial charge in [0, 0.05) is 12.5 Å². The molecule has 3 nitrogen and oxygen atoms in total. The molecule has 1 N–H and O–H groups in total. The second-order valence-corrected chi connectivity index (χ2v) is 5.30. The molecule has 0 bridgehead atoms. The number of ether oxygens (including phenoxy) is 1. The van der Waals surface area contributed by atoms with Crippen LogP contribution in [0.5, 0.6) is 0 Å². The summed E-state index contributed by atoms with van der Waals surface area (Å²) in [5.74, 6) is -0.0425. The van der Waals surface area contributed by atoms with E-state index in [2.05, 4.69) is 10.1 Å². The summed E-state index contributed by atoms with van der Waals surface area (Å²) in [5.41, 5.74) is 0.172. The first-order valence-corrected chi connectivity index (χ1v) is 6.87. The maximum atomic E-state index is 12.5. The maximum Gasteiger partial charge on any atom is 0.416 e. The third kappa shape index (κ3) is 4.20. The number of halogens is 3. The molecule has 0 radical (unpaired) electrons. The number of nitrogens with one attached hydrogen (secondary N) is 1. The molecule has 1 aliphatic rings. The SMILES string of the molecule is COC(=O)CC1CCNC(c2ccc(C(F)(F)F)cc2)C1. The van der Waals surface area contributed by atoms with E-state index < -0.39 is 11.7 Å². The molecule has 0 aliphatic carbocycles. The lowest BCUT2D eigenvalue weighted by Gasteiger charge is -2.30. The molecular formula is C15H18F3NO2. The Bertz CT molecular complexity index is 485. The van der Waals surface area contributed by atoms with Crippen molar-refractivity contribution in [1.82, 2.24) is 5.32 Å². The first-order chi connectivity index (χ1) is 9.90. The van der Waals surface area contributed by atoms with Gasteiger partial charge >= 0.3 is 12.1 Å². The number of carbonyl (C=O) groups is 1. The van der Waals surface area contributed by atoms with Gasteiger partial charge in [0.25, 0.3) is 0 Å². The molecule has 2 atom stereocenters. The van der Waals surface area contributed by atoms with Gasteiger partial charge in [-0.25, -0.2) is 0 Å². The lowest BCUT2D eigenvalue weighted by Crippen LogP contribution is -2.32. The monoisotopic (exact) mass is 301 g/mol. The van der Waals surface area contributed by atoms with E-state index in [-0.39, 0.29) is 17.9 Å². The minimum absolute atomic E-state index is 0.0179. The van der Waals surface area contributed by atoms with Crippen LogP contribution in [0.3, 0.4) is 0 Å². The van der Waals surface area contributed by atoms with Crippen LogP contribution in [0.2, 0.25) is 0 Å². The van der Waals surface area contributed by atoms with Gasteiger partial charge in [-0.2, -0.15) is 13.2 Å². The lowest BCUT2D eigenvalue weighted by atomic mass is 9.86. The number of carbonyl (C=O) groups excluding carboxylic acids is 1. The topological polar surface area (TPSA) is 38.3 Å². The summed E-state index contributed by atoms with van der Waals surface area (Å²) in [6.45, 7) is 0.743. The van der Waals surface area contributed by atoms with Crippen molar-refractivity contribution >= 4 is 5.97 Å². The first kappa shape index (κ1) is 15.8. The number of piperidine rings is 1. The van der Waals surface area contributed by atoms with E-state index >= 15 is 0 Å². The molecule has 1 aliphatic heterocycles. The van der Waals surface area contributed by atoms with E-state index in [0.717, 1.165) is 37.1 Å². The Labute approximate surface area is 121 Å². The first-order valence-electron chi connectivity index (χ1n) is 6.87. The van der Waals surface area contributed by atoms with E-state index in [9.17, 15) is 18.0 Å². The molecule has 0 saturated carbocycles. The average Bonchev–Trinajstić information content (AvgIpc) is 2.46. The van der Waals surface area contributed by atoms with Crippen LogP contribution >= 0.6 is 0 Å². The summed E-state index contributed by atoms with van der Waals surface area (Å²) in [5, 5.41) is 3.28. The van der Waals surface area contributed by atoms with Crippen LogP contribution in [0.1, 0.15) is 36.4 Å². The number of hydrogen-bond donors (Lipinski definition) is 1. The predicted molar refractivity (Wildman–Crippen MR) is 71.5 cm³/mol. The standard InChI is InChI=1S/C15H18F3NO2/c1-21-14(20)9-10-6-7-19-13(8-10)11-2-4-12(5-3-11)15(16,17)18/h2-5,10,13,19H,6-9H2,1H3. The molecule has 1 saturated heterocycles. The van der Waals surface area contributed by atoms with Crippen molar-refractivity contribution in [3.63, 3.8) is 0 Å². The van der Waals surface area contributed by atoms with Crippen LogP contribution < -0.4 is 5.32 Å². The summed E-state index contributed by atoms with van der Waals surface area (Å²) < 4.78 is 42.3. The van der Waals surface area contributed by atoms with Crippen molar-refractivity contribution < 1.29 is 22.7 Å². The summed E-state index contributed by atoms with van der Waals surface area (Å²) in [7, 11) is 1.36. The van der Waals surface area contributed by atoms with E-state index in [1.807, 2.05) is 0 Å². The average molecular weight is 301 g/mol. The Kier molecular flexibility index (Phi) is 4.88. The highest BCUT2D eigenvalue weighted by Crippen LogP contribution is 2.33. The highest BCUT2D eigenvalue weighted by atomic mass is 19.4. The zero-order valence-corrected chi connectivity index (χ0v) is 11.7. The largest absolute Gasteiger partial charge is 0.469 e. The summed E-state index contributed by atoms with van der Waals surface area (Å²) in [4.78, 5) is 11.3. The van der Waals surface area contributed by atoms with Crippen molar-refractivity contribution in [2.24, 2.45) is 5.92 Å². The summed E-state index contributed by atoms with van der Waals surface area (Å²) in [6, 6.07) is 5.18. The second-order valence-electron chi connectivity index (χ2n) is 5.30. The van der Waals surface area contributed by atoms with Gasteiger partial charge in [0.05, 0.1) is 12.7 Å². The number of rotatable bonds is 3. The van der Waals surface area contributed by atoms with Gasteiger partial charge in [0.15, 0.2) is 0 Å². The Morgan fingerprint density at radius 3 is 2.57 bits per heavy atom. The zero-order valence-electron chi connectivity index (χ0n) is 11.7. The molecule has 21 heavy (non-hydrogen) atoms. The quantitative estimate of drug-likeness (QED) is 0.871. The van der Waals surface area contributed by atoms with E-state index in [4.69, 9.17) is 0 Å². The van der Waals surface area contributed by atoms with Crippen LogP contribution in [0.25, 0.3) is 0 Å². The highest BCUT2D eigenvalue weighted by molar-refractivity contribution is 5.69. The van der Waals surface area contributed by atoms with Crippen LogP contribution in [-0.4, -0.2) is 19.6 Å². The fourth-order valence-electron chi connectivity index (χ4n) is 2.66. The molecule has 0 aromatic heterocycles. The van der Waals surface area contributed by atoms with Crippen LogP contribution in [-0.2, 0) is 15.7 Å². The molecule has 0 spiro atoms. The molecule has 1 heterocycles.